The monoisotopic (exact) mass is 1140 g/mol. The van der Waals surface area contributed by atoms with Gasteiger partial charge in [0.25, 0.3) is 0 Å². The van der Waals surface area contributed by atoms with Gasteiger partial charge in [0.1, 0.15) is 12.2 Å². The Labute approximate surface area is 486 Å². The van der Waals surface area contributed by atoms with Crippen molar-refractivity contribution in [2.45, 2.75) is 163 Å². The van der Waals surface area contributed by atoms with Crippen LogP contribution in [-0.2, 0) is 38.2 Å². The molecule has 0 fully saturated rings. The molecule has 0 rings (SSSR count). The first-order valence-electron chi connectivity index (χ1n) is 28.1. The fourth-order valence-electron chi connectivity index (χ4n) is 6.33. The molecule has 0 aromatic carbocycles. The van der Waals surface area contributed by atoms with E-state index in [1.165, 1.54) is 0 Å². The molecule has 16 heteroatoms. The number of amides is 4. The summed E-state index contributed by atoms with van der Waals surface area (Å²) < 4.78 is 10.6. The zero-order chi connectivity index (χ0) is 59.1. The average Bonchev–Trinajstić information content (AvgIpc) is 3.43. The van der Waals surface area contributed by atoms with E-state index in [0.29, 0.717) is 31.0 Å². The van der Waals surface area contributed by atoms with Crippen LogP contribution in [-0.4, -0.2) is 109 Å². The van der Waals surface area contributed by atoms with Crippen LogP contribution in [0.4, 0.5) is 0 Å². The number of hydrogen-bond acceptors (Lipinski definition) is 12. The number of nitrogens with one attached hydrogen (secondary N) is 4. The second kappa shape index (κ2) is 53.2. The van der Waals surface area contributed by atoms with E-state index in [1.807, 2.05) is 12.2 Å². The van der Waals surface area contributed by atoms with E-state index in [0.717, 1.165) is 77.0 Å². The molecule has 4 amide bonds. The maximum absolute atomic E-state index is 12.2. The van der Waals surface area contributed by atoms with Crippen LogP contribution in [0.15, 0.2) is 134 Å². The van der Waals surface area contributed by atoms with Crippen LogP contribution in [0.25, 0.3) is 0 Å². The lowest BCUT2D eigenvalue weighted by Gasteiger charge is -2.29. The summed E-state index contributed by atoms with van der Waals surface area (Å²) in [6.45, 7) is 11.8. The summed E-state index contributed by atoms with van der Waals surface area (Å²) >= 11 is 8.02. The van der Waals surface area contributed by atoms with Gasteiger partial charge in [0.05, 0.1) is 19.6 Å². The molecule has 0 aliphatic heterocycles. The van der Waals surface area contributed by atoms with Crippen LogP contribution in [0.2, 0.25) is 0 Å². The van der Waals surface area contributed by atoms with Gasteiger partial charge in [-0.1, -0.05) is 175 Å². The van der Waals surface area contributed by atoms with Crippen molar-refractivity contribution in [1.82, 2.24) is 21.3 Å². The first kappa shape index (κ1) is 75.7. The van der Waals surface area contributed by atoms with Gasteiger partial charge < -0.3 is 41.0 Å². The van der Waals surface area contributed by atoms with Gasteiger partial charge >= 0.3 is 11.9 Å². The lowest BCUT2D eigenvalue weighted by Crippen LogP contribution is -2.47. The van der Waals surface area contributed by atoms with E-state index in [1.54, 1.807) is 33.8 Å². The molecule has 0 spiro atoms. The number of aliphatic hydroxyl groups excluding tert-OH is 2. The quantitative estimate of drug-likeness (QED) is 0.0125. The molecule has 79 heavy (non-hydrogen) atoms. The first-order chi connectivity index (χ1) is 38.0. The van der Waals surface area contributed by atoms with Crippen LogP contribution >= 0.6 is 25.3 Å². The van der Waals surface area contributed by atoms with Gasteiger partial charge in [-0.15, -0.1) is 0 Å². The number of thiol groups is 2. The molecule has 0 unspecified atom stereocenters. The maximum Gasteiger partial charge on any atom is 0.309 e. The molecular weight excluding hydrogens is 1040 g/mol. The molecule has 0 saturated heterocycles. The molecule has 0 bridgehead atoms. The van der Waals surface area contributed by atoms with E-state index in [-0.39, 0.29) is 69.8 Å². The van der Waals surface area contributed by atoms with Crippen molar-refractivity contribution in [3.8, 4) is 0 Å². The summed E-state index contributed by atoms with van der Waals surface area (Å²) in [6.07, 6.45) is 56.3. The highest BCUT2D eigenvalue weighted by Crippen LogP contribution is 2.23. The summed E-state index contributed by atoms with van der Waals surface area (Å²) in [7, 11) is 0. The highest BCUT2D eigenvalue weighted by molar-refractivity contribution is 7.80. The van der Waals surface area contributed by atoms with Crippen molar-refractivity contribution in [2.75, 3.05) is 50.9 Å². The van der Waals surface area contributed by atoms with Crippen molar-refractivity contribution >= 4 is 60.8 Å². The summed E-state index contributed by atoms with van der Waals surface area (Å²) in [5.74, 6) is -1.33. The molecule has 0 radical (unpaired) electrons. The first-order valence-corrected chi connectivity index (χ1v) is 29.4. The predicted molar refractivity (Wildman–Crippen MR) is 332 cm³/mol. The number of allylic oxidation sites excluding steroid dienone is 21. The Hall–Kier alpha value is -5.42. The number of carbonyl (C=O) groups is 6. The lowest BCUT2D eigenvalue weighted by molar-refractivity contribution is -0.153. The molecule has 0 aliphatic carbocycles. The number of unbranched alkanes of at least 4 members (excludes halogenated alkanes) is 1. The molecular formula is C63H100N4O10S2. The Kier molecular flexibility index (Phi) is 51.0. The third-order valence-corrected chi connectivity index (χ3v) is 11.6. The molecule has 0 saturated carbocycles. The smallest absolute Gasteiger partial charge is 0.309 e. The second-order valence-corrected chi connectivity index (χ2v) is 20.4. The Morgan fingerprint density at radius 3 is 1.05 bits per heavy atom. The van der Waals surface area contributed by atoms with E-state index in [4.69, 9.17) is 9.47 Å². The minimum Gasteiger partial charge on any atom is -0.465 e. The number of aliphatic hydroxyl groups is 2. The van der Waals surface area contributed by atoms with Crippen LogP contribution in [0.1, 0.15) is 151 Å². The fraction of sp³-hybridized carbons (Fsp3) is 0.556. The van der Waals surface area contributed by atoms with Crippen molar-refractivity contribution in [3.63, 3.8) is 0 Å². The van der Waals surface area contributed by atoms with Crippen molar-refractivity contribution < 1.29 is 48.5 Å². The zero-order valence-electron chi connectivity index (χ0n) is 48.6. The second-order valence-electron chi connectivity index (χ2n) is 19.6. The highest BCUT2D eigenvalue weighted by atomic mass is 32.1. The largest absolute Gasteiger partial charge is 0.465 e. The summed E-state index contributed by atoms with van der Waals surface area (Å²) in [5.41, 5.74) is -1.94. The number of ether oxygens (including phenoxy) is 2. The maximum atomic E-state index is 12.2. The van der Waals surface area contributed by atoms with Crippen molar-refractivity contribution in [2.24, 2.45) is 10.8 Å². The third kappa shape index (κ3) is 49.4. The van der Waals surface area contributed by atoms with E-state index < -0.39 is 40.8 Å². The van der Waals surface area contributed by atoms with Gasteiger partial charge in [-0.2, -0.15) is 25.3 Å². The molecule has 444 valence electrons. The van der Waals surface area contributed by atoms with Crippen LogP contribution in [0, 0.1) is 10.8 Å². The summed E-state index contributed by atoms with van der Waals surface area (Å²) in [5, 5.41) is 31.1. The van der Waals surface area contributed by atoms with Crippen LogP contribution < -0.4 is 21.3 Å². The lowest BCUT2D eigenvalue weighted by atomic mass is 9.87. The minimum atomic E-state index is -1.38. The third-order valence-electron chi connectivity index (χ3n) is 11.1. The van der Waals surface area contributed by atoms with Gasteiger partial charge in [-0.25, -0.2) is 0 Å². The van der Waals surface area contributed by atoms with Gasteiger partial charge in [0, 0.05) is 67.8 Å². The topological polar surface area (TPSA) is 209 Å². The summed E-state index contributed by atoms with van der Waals surface area (Å²) in [6, 6.07) is 0. The molecule has 0 heterocycles. The molecule has 2 atom stereocenters. The molecule has 0 aromatic rings. The Morgan fingerprint density at radius 1 is 0.418 bits per heavy atom. The molecule has 0 aromatic heterocycles. The van der Waals surface area contributed by atoms with E-state index in [9.17, 15) is 39.0 Å². The van der Waals surface area contributed by atoms with E-state index in [2.05, 4.69) is 176 Å². The minimum absolute atomic E-state index is 0.0788. The number of rotatable bonds is 44. The fourth-order valence-corrected chi connectivity index (χ4v) is 6.55. The van der Waals surface area contributed by atoms with Gasteiger partial charge in [0.2, 0.25) is 23.6 Å². The van der Waals surface area contributed by atoms with Gasteiger partial charge in [-0.3, -0.25) is 28.8 Å². The molecule has 0 aliphatic rings. The van der Waals surface area contributed by atoms with Crippen molar-refractivity contribution in [1.29, 1.82) is 0 Å². The SMILES string of the molecule is CC/C=C\C/C=C\C/C=C\C/C=C\C/C=C\C/C=C\CC(=O)OCC(C)(C)[C@@H](O)C(=O)NCCC(=O)NCCS.CC/C=C\C/C=C\C/C=C\C/C=C\C/C=C\CCCC(=O)OCC(C)(C)[C@@H](O)C(=O)NCCC(=O)NCCS. The van der Waals surface area contributed by atoms with Crippen LogP contribution in [0.3, 0.4) is 0 Å². The van der Waals surface area contributed by atoms with Gasteiger partial charge in [-0.05, 0) is 83.5 Å². The van der Waals surface area contributed by atoms with Crippen molar-refractivity contribution in [3.05, 3.63) is 134 Å². The van der Waals surface area contributed by atoms with E-state index >= 15 is 0 Å². The number of esters is 2. The zero-order valence-corrected chi connectivity index (χ0v) is 50.4. The Morgan fingerprint density at radius 2 is 0.722 bits per heavy atom. The average molecular weight is 1140 g/mol. The summed E-state index contributed by atoms with van der Waals surface area (Å²) in [4.78, 5) is 71.7. The van der Waals surface area contributed by atoms with Gasteiger partial charge in [0.15, 0.2) is 0 Å². The Bertz CT molecular complexity index is 2000. The highest BCUT2D eigenvalue weighted by Gasteiger charge is 2.36. The molecule has 14 nitrogen and oxygen atoms in total. The molecule has 6 N–H and O–H groups in total. The normalized spacial score (nSPS) is 13.3. The number of carbonyl (C=O) groups excluding carboxylic acids is 6. The number of hydrogen-bond donors (Lipinski definition) is 8. The van der Waals surface area contributed by atoms with Crippen LogP contribution in [0.5, 0.6) is 0 Å². The standard InChI is InChI=1S/C32H50N2O5S.C31H50N2O5S/c1-4-5-6-7-8-9-10-11-12-13-14-15-16-17-18-19-20-21-22-29(36)39-27-32(2,3)30(37)31(38)34-24-23-28(35)33-25-26-40;1-4-5-6-7-8-9-10-11-12-13-14-15-16-17-18-19-20-21-28(35)38-26-31(2,3)29(36)30(37)33-23-22-27(34)32-24-25-39/h5-6,8-9,11-12,14-15,17-18,20-21,30,37,40H,4,7,10,13,16,19,22-27H2,1-3H3,(H,33,35)(H,34,38);5-6,8-9,11-12,14-15,17-18,29,36,39H,4,7,10,13,16,19-26H2,1-3H3,(H,32,34)(H,33,37)/b6-5-,9-8-,12-11-,15-14-,18-17-,21-20-;6-5-,9-8-,12-11-,15-14-,18-17-/t30-;29-/m00/s1. The predicted octanol–water partition coefficient (Wildman–Crippen LogP) is 10.9. The Balaban J connectivity index is 0.